The van der Waals surface area contributed by atoms with Gasteiger partial charge in [0.25, 0.3) is 0 Å². The van der Waals surface area contributed by atoms with Crippen molar-refractivity contribution >= 4 is 24.0 Å². The Balaban J connectivity index is 2.94. The van der Waals surface area contributed by atoms with Gasteiger partial charge in [0.1, 0.15) is 5.75 Å². The number of carbonyl (C=O) groups excluding carboxylic acids is 4. The first-order valence-corrected chi connectivity index (χ1v) is 6.98. The van der Waals surface area contributed by atoms with E-state index in [2.05, 4.69) is 6.58 Å². The van der Waals surface area contributed by atoms with Crippen molar-refractivity contribution in [1.82, 2.24) is 0 Å². The van der Waals surface area contributed by atoms with Gasteiger partial charge in [0, 0.05) is 11.1 Å². The summed E-state index contributed by atoms with van der Waals surface area (Å²) in [5.74, 6) is -1.72. The van der Waals surface area contributed by atoms with Gasteiger partial charge in [0.05, 0.1) is 5.56 Å². The molecule has 0 saturated carbocycles. The zero-order valence-electron chi connectivity index (χ0n) is 13.3. The fraction of sp³-hybridized carbons (Fsp3) is 0.294. The lowest BCUT2D eigenvalue weighted by Gasteiger charge is -2.16. The van der Waals surface area contributed by atoms with Gasteiger partial charge < -0.3 is 9.47 Å². The highest BCUT2D eigenvalue weighted by molar-refractivity contribution is 5.97. The van der Waals surface area contributed by atoms with Crippen molar-refractivity contribution in [2.75, 3.05) is 0 Å². The lowest BCUT2D eigenvalue weighted by molar-refractivity contribution is -0.159. The van der Waals surface area contributed by atoms with Crippen LogP contribution in [-0.2, 0) is 14.3 Å². The van der Waals surface area contributed by atoms with Crippen LogP contribution in [0.3, 0.4) is 0 Å². The predicted octanol–water partition coefficient (Wildman–Crippen LogP) is 2.51. The molecule has 0 radical (unpaired) electrons. The molecule has 0 aromatic heterocycles. The van der Waals surface area contributed by atoms with Gasteiger partial charge in [-0.3, -0.25) is 9.59 Å². The number of carbonyl (C=O) groups is 4. The molecule has 1 aromatic carbocycles. The molecule has 23 heavy (non-hydrogen) atoms. The monoisotopic (exact) mass is 318 g/mol. The summed E-state index contributed by atoms with van der Waals surface area (Å²) in [6.45, 7) is 7.91. The van der Waals surface area contributed by atoms with Gasteiger partial charge in [-0.15, -0.1) is 0 Å². The summed E-state index contributed by atoms with van der Waals surface area (Å²) in [5, 5.41) is 0. The SMILES string of the molecule is C=C(C)C(=O)OC(CC)C(=O)Oc1ccc(C(C)=O)cc1C=O. The Morgan fingerprint density at radius 2 is 1.91 bits per heavy atom. The smallest absolute Gasteiger partial charge is 0.352 e. The number of ketones is 1. The van der Waals surface area contributed by atoms with Crippen molar-refractivity contribution < 1.29 is 28.7 Å². The zero-order valence-corrected chi connectivity index (χ0v) is 13.3. The van der Waals surface area contributed by atoms with E-state index in [0.29, 0.717) is 11.8 Å². The third kappa shape index (κ3) is 4.88. The van der Waals surface area contributed by atoms with Crippen LogP contribution in [0.1, 0.15) is 47.9 Å². The fourth-order valence-electron chi connectivity index (χ4n) is 1.65. The molecule has 1 rings (SSSR count). The summed E-state index contributed by atoms with van der Waals surface area (Å²) in [6.07, 6.45) is -0.415. The van der Waals surface area contributed by atoms with Crippen LogP contribution in [0.25, 0.3) is 0 Å². The summed E-state index contributed by atoms with van der Waals surface area (Å²) in [6, 6.07) is 4.13. The summed E-state index contributed by atoms with van der Waals surface area (Å²) in [7, 11) is 0. The van der Waals surface area contributed by atoms with E-state index in [0.717, 1.165) is 0 Å². The molecule has 0 aliphatic rings. The molecule has 0 amide bonds. The minimum absolute atomic E-state index is 0.000163. The first-order chi connectivity index (χ1) is 10.8. The second-order valence-corrected chi connectivity index (χ2v) is 4.93. The molecule has 0 fully saturated rings. The molecule has 0 spiro atoms. The van der Waals surface area contributed by atoms with Crippen LogP contribution in [0, 0.1) is 0 Å². The highest BCUT2D eigenvalue weighted by atomic mass is 16.6. The minimum Gasteiger partial charge on any atom is -0.447 e. The Hall–Kier alpha value is -2.76. The normalized spacial score (nSPS) is 11.3. The van der Waals surface area contributed by atoms with Crippen molar-refractivity contribution in [2.24, 2.45) is 0 Å². The average molecular weight is 318 g/mol. The summed E-state index contributed by atoms with van der Waals surface area (Å²) in [4.78, 5) is 46.0. The number of hydrogen-bond acceptors (Lipinski definition) is 6. The quantitative estimate of drug-likeness (QED) is 0.252. The molecule has 1 atom stereocenters. The van der Waals surface area contributed by atoms with Crippen LogP contribution in [0.5, 0.6) is 5.75 Å². The zero-order chi connectivity index (χ0) is 17.6. The van der Waals surface area contributed by atoms with E-state index in [9.17, 15) is 19.2 Å². The average Bonchev–Trinajstić information content (AvgIpc) is 2.51. The van der Waals surface area contributed by atoms with Crippen molar-refractivity contribution in [3.63, 3.8) is 0 Å². The highest BCUT2D eigenvalue weighted by Gasteiger charge is 2.24. The van der Waals surface area contributed by atoms with Gasteiger partial charge in [-0.2, -0.15) is 0 Å². The van der Waals surface area contributed by atoms with Gasteiger partial charge in [-0.1, -0.05) is 13.5 Å². The molecule has 0 heterocycles. The number of aldehydes is 1. The van der Waals surface area contributed by atoms with Crippen molar-refractivity contribution in [3.8, 4) is 5.75 Å². The van der Waals surface area contributed by atoms with Crippen molar-refractivity contribution in [1.29, 1.82) is 0 Å². The number of benzene rings is 1. The molecule has 1 unspecified atom stereocenters. The lowest BCUT2D eigenvalue weighted by atomic mass is 10.1. The van der Waals surface area contributed by atoms with Crippen LogP contribution in [0.2, 0.25) is 0 Å². The lowest BCUT2D eigenvalue weighted by Crippen LogP contribution is -2.31. The van der Waals surface area contributed by atoms with Gasteiger partial charge in [-0.25, -0.2) is 9.59 Å². The maximum absolute atomic E-state index is 12.1. The molecule has 0 aliphatic heterocycles. The third-order valence-corrected chi connectivity index (χ3v) is 2.99. The predicted molar refractivity (Wildman–Crippen MR) is 82.5 cm³/mol. The van der Waals surface area contributed by atoms with Gasteiger partial charge >= 0.3 is 11.9 Å². The Bertz CT molecular complexity index is 659. The molecule has 0 N–H and O–H groups in total. The number of Topliss-reactive ketones (excluding diaryl/α,β-unsaturated/α-hetero) is 1. The molecule has 0 aliphatic carbocycles. The van der Waals surface area contributed by atoms with E-state index in [1.54, 1.807) is 6.92 Å². The standard InChI is InChI=1S/C17H18O6/c1-5-14(22-16(20)10(2)3)17(21)23-15-7-6-12(11(4)19)8-13(15)9-18/h6-9,14H,2,5H2,1,3-4H3. The second kappa shape index (κ2) is 8.03. The third-order valence-electron chi connectivity index (χ3n) is 2.99. The Labute approximate surface area is 134 Å². The van der Waals surface area contributed by atoms with Crippen LogP contribution in [0.15, 0.2) is 30.4 Å². The summed E-state index contributed by atoms with van der Waals surface area (Å²) < 4.78 is 10.1. The highest BCUT2D eigenvalue weighted by Crippen LogP contribution is 2.20. The van der Waals surface area contributed by atoms with E-state index in [-0.39, 0.29) is 29.1 Å². The molecular formula is C17H18O6. The first kappa shape index (κ1) is 18.3. The van der Waals surface area contributed by atoms with Crippen molar-refractivity contribution in [3.05, 3.63) is 41.5 Å². The van der Waals surface area contributed by atoms with Crippen LogP contribution < -0.4 is 4.74 Å². The van der Waals surface area contributed by atoms with E-state index in [1.807, 2.05) is 0 Å². The number of esters is 2. The molecule has 0 bridgehead atoms. The maximum atomic E-state index is 12.1. The number of hydrogen-bond donors (Lipinski definition) is 0. The molecule has 6 nitrogen and oxygen atoms in total. The van der Waals surface area contributed by atoms with Gasteiger partial charge in [0.2, 0.25) is 0 Å². The number of rotatable bonds is 7. The molecule has 1 aromatic rings. The van der Waals surface area contributed by atoms with Crippen LogP contribution >= 0.6 is 0 Å². The van der Waals surface area contributed by atoms with E-state index in [1.165, 1.54) is 32.0 Å². The largest absolute Gasteiger partial charge is 0.447 e. The Morgan fingerprint density at radius 3 is 2.39 bits per heavy atom. The van der Waals surface area contributed by atoms with E-state index >= 15 is 0 Å². The van der Waals surface area contributed by atoms with Gasteiger partial charge in [-0.05, 0) is 38.5 Å². The van der Waals surface area contributed by atoms with Crippen LogP contribution in [-0.4, -0.2) is 30.1 Å². The molecule has 0 saturated heterocycles. The van der Waals surface area contributed by atoms with Gasteiger partial charge in [0.15, 0.2) is 18.2 Å². The summed E-state index contributed by atoms with van der Waals surface area (Å²) in [5.41, 5.74) is 0.551. The maximum Gasteiger partial charge on any atom is 0.352 e. The second-order valence-electron chi connectivity index (χ2n) is 4.93. The number of ether oxygens (including phenoxy) is 2. The van der Waals surface area contributed by atoms with E-state index in [4.69, 9.17) is 9.47 Å². The summed E-state index contributed by atoms with van der Waals surface area (Å²) >= 11 is 0. The fourth-order valence-corrected chi connectivity index (χ4v) is 1.65. The van der Waals surface area contributed by atoms with Crippen molar-refractivity contribution in [2.45, 2.75) is 33.3 Å². The van der Waals surface area contributed by atoms with Crippen LogP contribution in [0.4, 0.5) is 0 Å². The Morgan fingerprint density at radius 1 is 1.26 bits per heavy atom. The topological polar surface area (TPSA) is 86.7 Å². The first-order valence-electron chi connectivity index (χ1n) is 6.98. The molecule has 122 valence electrons. The molecular weight excluding hydrogens is 300 g/mol. The minimum atomic E-state index is -1.11. The van der Waals surface area contributed by atoms with E-state index < -0.39 is 18.0 Å². The Kier molecular flexibility index (Phi) is 6.38. The molecule has 6 heteroatoms.